The molecule has 112 valence electrons. The first kappa shape index (κ1) is 17.2. The molecule has 0 aliphatic rings. The van der Waals surface area contributed by atoms with Gasteiger partial charge in [-0.25, -0.2) is 0 Å². The van der Waals surface area contributed by atoms with Crippen LogP contribution in [0, 0.1) is 0 Å². The third kappa shape index (κ3) is 7.68. The Kier molecular flexibility index (Phi) is 9.38. The number of hydrogen-bond donors (Lipinski definition) is 1. The van der Waals surface area contributed by atoms with Crippen LogP contribution in [0.1, 0.15) is 57.4 Å². The lowest BCUT2D eigenvalue weighted by Gasteiger charge is -2.07. The standard InChI is InChI=1S/C17H26BrNO/c1-2-3-4-5-6-12-17(20)19-16-11-7-9-15(14-16)10-8-13-18/h7,9,11,14H,2-6,8,10,12-13H2,1H3,(H,19,20). The number of nitrogens with one attached hydrogen (secondary N) is 1. The highest BCUT2D eigenvalue weighted by molar-refractivity contribution is 9.09. The molecular weight excluding hydrogens is 314 g/mol. The zero-order chi connectivity index (χ0) is 14.6. The number of hydrogen-bond acceptors (Lipinski definition) is 1. The van der Waals surface area contributed by atoms with Crippen LogP contribution >= 0.6 is 15.9 Å². The lowest BCUT2D eigenvalue weighted by atomic mass is 10.1. The smallest absolute Gasteiger partial charge is 0.224 e. The molecule has 0 bridgehead atoms. The number of anilines is 1. The number of halogens is 1. The van der Waals surface area contributed by atoms with Crippen molar-refractivity contribution in [2.24, 2.45) is 0 Å². The highest BCUT2D eigenvalue weighted by atomic mass is 79.9. The molecule has 0 saturated heterocycles. The van der Waals surface area contributed by atoms with E-state index in [9.17, 15) is 4.79 Å². The van der Waals surface area contributed by atoms with Gasteiger partial charge in [-0.2, -0.15) is 0 Å². The second-order valence-corrected chi connectivity index (χ2v) is 6.00. The summed E-state index contributed by atoms with van der Waals surface area (Å²) in [5.74, 6) is 0.138. The molecule has 0 atom stereocenters. The Hall–Kier alpha value is -0.830. The number of unbranched alkanes of at least 4 members (excludes halogenated alkanes) is 4. The van der Waals surface area contributed by atoms with Crippen molar-refractivity contribution in [1.82, 2.24) is 0 Å². The van der Waals surface area contributed by atoms with Gasteiger partial charge in [0.1, 0.15) is 0 Å². The predicted octanol–water partition coefficient (Wildman–Crippen LogP) is 5.31. The van der Waals surface area contributed by atoms with Crippen LogP contribution in [0.25, 0.3) is 0 Å². The van der Waals surface area contributed by atoms with Crippen molar-refractivity contribution >= 4 is 27.5 Å². The van der Waals surface area contributed by atoms with Crippen molar-refractivity contribution in [3.8, 4) is 0 Å². The first-order valence-electron chi connectivity index (χ1n) is 7.71. The normalized spacial score (nSPS) is 10.5. The van der Waals surface area contributed by atoms with Gasteiger partial charge in [-0.15, -0.1) is 0 Å². The van der Waals surface area contributed by atoms with E-state index < -0.39 is 0 Å². The molecule has 0 aromatic heterocycles. The fraction of sp³-hybridized carbons (Fsp3) is 0.588. The average Bonchev–Trinajstić information content (AvgIpc) is 2.45. The van der Waals surface area contributed by atoms with Crippen LogP contribution in [-0.2, 0) is 11.2 Å². The lowest BCUT2D eigenvalue weighted by molar-refractivity contribution is -0.116. The van der Waals surface area contributed by atoms with Crippen molar-refractivity contribution < 1.29 is 4.79 Å². The van der Waals surface area contributed by atoms with Crippen LogP contribution in [0.4, 0.5) is 5.69 Å². The molecule has 20 heavy (non-hydrogen) atoms. The summed E-state index contributed by atoms with van der Waals surface area (Å²) in [6, 6.07) is 8.17. The quantitative estimate of drug-likeness (QED) is 0.454. The summed E-state index contributed by atoms with van der Waals surface area (Å²) >= 11 is 3.44. The number of carbonyl (C=O) groups is 1. The van der Waals surface area contributed by atoms with Gasteiger partial charge in [0.2, 0.25) is 5.91 Å². The van der Waals surface area contributed by atoms with Gasteiger partial charge in [0.15, 0.2) is 0 Å². The fourth-order valence-electron chi connectivity index (χ4n) is 2.19. The Bertz CT molecular complexity index is 392. The maximum Gasteiger partial charge on any atom is 0.224 e. The van der Waals surface area contributed by atoms with E-state index in [0.717, 1.165) is 36.7 Å². The zero-order valence-corrected chi connectivity index (χ0v) is 14.0. The minimum atomic E-state index is 0.138. The third-order valence-electron chi connectivity index (χ3n) is 3.32. The van der Waals surface area contributed by atoms with Crippen LogP contribution in [0.15, 0.2) is 24.3 Å². The third-order valence-corrected chi connectivity index (χ3v) is 3.88. The van der Waals surface area contributed by atoms with Gasteiger partial charge in [-0.3, -0.25) is 4.79 Å². The van der Waals surface area contributed by atoms with E-state index in [1.54, 1.807) is 0 Å². The van der Waals surface area contributed by atoms with Gasteiger partial charge in [-0.05, 0) is 37.0 Å². The fourth-order valence-corrected chi connectivity index (χ4v) is 2.47. The largest absolute Gasteiger partial charge is 0.326 e. The molecule has 1 amide bonds. The van der Waals surface area contributed by atoms with Gasteiger partial charge >= 0.3 is 0 Å². The topological polar surface area (TPSA) is 29.1 Å². The summed E-state index contributed by atoms with van der Waals surface area (Å²) in [7, 11) is 0. The van der Waals surface area contributed by atoms with Gasteiger partial charge in [-0.1, -0.05) is 60.7 Å². The number of aryl methyl sites for hydroxylation is 1. The SMILES string of the molecule is CCCCCCCC(=O)Nc1cccc(CCCBr)c1. The maximum absolute atomic E-state index is 11.9. The number of alkyl halides is 1. The predicted molar refractivity (Wildman–Crippen MR) is 90.6 cm³/mol. The molecule has 1 aromatic carbocycles. The highest BCUT2D eigenvalue weighted by Crippen LogP contribution is 2.14. The van der Waals surface area contributed by atoms with Crippen LogP contribution in [0.5, 0.6) is 0 Å². The molecule has 1 N–H and O–H groups in total. The summed E-state index contributed by atoms with van der Waals surface area (Å²) in [6.07, 6.45) is 8.72. The molecule has 0 aliphatic carbocycles. The molecule has 1 aromatic rings. The Morgan fingerprint density at radius 3 is 2.70 bits per heavy atom. The molecular formula is C17H26BrNO. The average molecular weight is 340 g/mol. The van der Waals surface area contributed by atoms with Crippen molar-refractivity contribution in [2.45, 2.75) is 58.3 Å². The molecule has 2 nitrogen and oxygen atoms in total. The van der Waals surface area contributed by atoms with E-state index in [4.69, 9.17) is 0 Å². The summed E-state index contributed by atoms with van der Waals surface area (Å²) in [5, 5.41) is 4.01. The Morgan fingerprint density at radius 2 is 1.95 bits per heavy atom. The lowest BCUT2D eigenvalue weighted by Crippen LogP contribution is -2.11. The maximum atomic E-state index is 11.9. The van der Waals surface area contributed by atoms with E-state index >= 15 is 0 Å². The summed E-state index contributed by atoms with van der Waals surface area (Å²) in [4.78, 5) is 11.9. The highest BCUT2D eigenvalue weighted by Gasteiger charge is 2.03. The van der Waals surface area contributed by atoms with E-state index in [1.165, 1.54) is 24.8 Å². The number of carbonyl (C=O) groups excluding carboxylic acids is 1. The van der Waals surface area contributed by atoms with Gasteiger partial charge in [0.25, 0.3) is 0 Å². The van der Waals surface area contributed by atoms with Gasteiger partial charge in [0, 0.05) is 17.4 Å². The van der Waals surface area contributed by atoms with Crippen molar-refractivity contribution in [3.63, 3.8) is 0 Å². The molecule has 0 radical (unpaired) electrons. The molecule has 0 spiro atoms. The van der Waals surface area contributed by atoms with Gasteiger partial charge in [0.05, 0.1) is 0 Å². The second kappa shape index (κ2) is 10.9. The van der Waals surface area contributed by atoms with E-state index in [1.807, 2.05) is 12.1 Å². The molecule has 0 unspecified atom stereocenters. The summed E-state index contributed by atoms with van der Waals surface area (Å²) in [6.45, 7) is 2.20. The number of rotatable bonds is 10. The van der Waals surface area contributed by atoms with Crippen molar-refractivity contribution in [1.29, 1.82) is 0 Å². The molecule has 0 fully saturated rings. The monoisotopic (exact) mass is 339 g/mol. The molecule has 3 heteroatoms. The first-order valence-corrected chi connectivity index (χ1v) is 8.83. The second-order valence-electron chi connectivity index (χ2n) is 5.21. The van der Waals surface area contributed by atoms with Crippen LogP contribution in [0.2, 0.25) is 0 Å². The number of benzene rings is 1. The number of amides is 1. The zero-order valence-electron chi connectivity index (χ0n) is 12.5. The molecule has 1 rings (SSSR count). The minimum Gasteiger partial charge on any atom is -0.326 e. The molecule has 0 heterocycles. The van der Waals surface area contributed by atoms with Crippen LogP contribution < -0.4 is 5.32 Å². The first-order chi connectivity index (χ1) is 9.76. The van der Waals surface area contributed by atoms with Crippen molar-refractivity contribution in [3.05, 3.63) is 29.8 Å². The van der Waals surface area contributed by atoms with E-state index in [-0.39, 0.29) is 5.91 Å². The molecule has 0 aliphatic heterocycles. The Morgan fingerprint density at radius 1 is 1.15 bits per heavy atom. The summed E-state index contributed by atoms with van der Waals surface area (Å²) in [5.41, 5.74) is 2.21. The van der Waals surface area contributed by atoms with Crippen LogP contribution in [-0.4, -0.2) is 11.2 Å². The molecule has 0 saturated carbocycles. The Balaban J connectivity index is 2.30. The van der Waals surface area contributed by atoms with E-state index in [2.05, 4.69) is 40.3 Å². The van der Waals surface area contributed by atoms with E-state index in [0.29, 0.717) is 6.42 Å². The van der Waals surface area contributed by atoms with Gasteiger partial charge < -0.3 is 5.32 Å². The Labute approximate surface area is 131 Å². The summed E-state index contributed by atoms with van der Waals surface area (Å²) < 4.78 is 0. The minimum absolute atomic E-state index is 0.138. The van der Waals surface area contributed by atoms with Crippen molar-refractivity contribution in [2.75, 3.05) is 10.6 Å². The van der Waals surface area contributed by atoms with Crippen LogP contribution in [0.3, 0.4) is 0 Å².